The molecule has 0 rings (SSSR count). The minimum absolute atomic E-state index is 0. The normalized spacial score (nSPS) is 10.7. The van der Waals surface area contributed by atoms with Gasteiger partial charge in [-0.25, -0.2) is 0 Å². The molecule has 0 aromatic rings. The average Bonchev–Trinajstić information content (AvgIpc) is 2.52. The van der Waals surface area contributed by atoms with Crippen molar-refractivity contribution in [3.63, 3.8) is 0 Å². The quantitative estimate of drug-likeness (QED) is 0.124. The SMILES string of the molecule is [CH2-]C(=O)NCCCC(NC([CH2-])=O)C(=O)NCCOCCOCCN.[W].[W]. The average molecular weight is 712 g/mol. The van der Waals surface area contributed by atoms with Crippen LogP contribution in [0.15, 0.2) is 0 Å². The van der Waals surface area contributed by atoms with E-state index in [1.807, 2.05) is 0 Å². The Kier molecular flexibility index (Phi) is 24.0. The monoisotopic (exact) mass is 712 g/mol. The van der Waals surface area contributed by atoms with Gasteiger partial charge in [-0.15, -0.1) is 0 Å². The largest absolute Gasteiger partial charge is 0.381 e. The third-order valence-corrected chi connectivity index (χ3v) is 2.82. The molecular weight excluding hydrogens is 684 g/mol. The van der Waals surface area contributed by atoms with Gasteiger partial charge in [0.25, 0.3) is 0 Å². The summed E-state index contributed by atoms with van der Waals surface area (Å²) in [5.41, 5.74) is 5.27. The molecule has 11 heteroatoms. The second-order valence-corrected chi connectivity index (χ2v) is 4.92. The molecule has 0 radical (unpaired) electrons. The number of ether oxygens (including phenoxy) is 2. The molecule has 0 spiro atoms. The molecule has 0 aromatic carbocycles. The summed E-state index contributed by atoms with van der Waals surface area (Å²) in [6, 6.07) is -0.704. The summed E-state index contributed by atoms with van der Waals surface area (Å²) in [4.78, 5) is 33.8. The molecule has 0 aliphatic rings. The van der Waals surface area contributed by atoms with Crippen LogP contribution in [0.25, 0.3) is 0 Å². The molecule has 152 valence electrons. The number of hydrogen-bond donors (Lipinski definition) is 4. The Morgan fingerprint density at radius 2 is 1.50 bits per heavy atom. The summed E-state index contributed by atoms with van der Waals surface area (Å²) in [6.45, 7) is 9.23. The van der Waals surface area contributed by atoms with Crippen LogP contribution in [0.4, 0.5) is 0 Å². The van der Waals surface area contributed by atoms with Crippen LogP contribution in [0.2, 0.25) is 0 Å². The van der Waals surface area contributed by atoms with Crippen LogP contribution >= 0.6 is 0 Å². The molecule has 3 amide bonds. The van der Waals surface area contributed by atoms with Crippen LogP contribution in [0, 0.1) is 13.8 Å². The zero-order chi connectivity index (χ0) is 18.2. The number of nitrogens with one attached hydrogen (secondary N) is 3. The van der Waals surface area contributed by atoms with Crippen LogP contribution in [0.3, 0.4) is 0 Å². The van der Waals surface area contributed by atoms with Crippen LogP contribution in [-0.4, -0.2) is 69.8 Å². The number of amides is 3. The van der Waals surface area contributed by atoms with E-state index in [9.17, 15) is 14.4 Å². The molecule has 0 saturated heterocycles. The third kappa shape index (κ3) is 19.7. The second-order valence-electron chi connectivity index (χ2n) is 4.92. The predicted molar refractivity (Wildman–Crippen MR) is 88.6 cm³/mol. The molecule has 0 aromatic heterocycles. The molecule has 0 aliphatic carbocycles. The summed E-state index contributed by atoms with van der Waals surface area (Å²) >= 11 is 0. The van der Waals surface area contributed by atoms with Crippen molar-refractivity contribution in [3.8, 4) is 0 Å². The summed E-state index contributed by atoms with van der Waals surface area (Å²) in [7, 11) is 0. The van der Waals surface area contributed by atoms with E-state index in [0.717, 1.165) is 0 Å². The van der Waals surface area contributed by atoms with Crippen molar-refractivity contribution < 1.29 is 66.0 Å². The summed E-state index contributed by atoms with van der Waals surface area (Å²) in [5.74, 6) is -1.25. The maximum Gasteiger partial charge on any atom is 0.242 e. The number of hydrogen-bond acceptors (Lipinski definition) is 6. The minimum Gasteiger partial charge on any atom is -0.381 e. The topological polar surface area (TPSA) is 132 Å². The van der Waals surface area contributed by atoms with Crippen molar-refractivity contribution in [1.29, 1.82) is 0 Å². The molecule has 0 aliphatic heterocycles. The van der Waals surface area contributed by atoms with Crippen LogP contribution in [-0.2, 0) is 66.0 Å². The van der Waals surface area contributed by atoms with Crippen molar-refractivity contribution in [2.75, 3.05) is 46.1 Å². The van der Waals surface area contributed by atoms with Gasteiger partial charge < -0.3 is 54.6 Å². The van der Waals surface area contributed by atoms with Gasteiger partial charge in [0.05, 0.1) is 38.2 Å². The van der Waals surface area contributed by atoms with Gasteiger partial charge in [0, 0.05) is 61.8 Å². The van der Waals surface area contributed by atoms with Crippen LogP contribution in [0.5, 0.6) is 0 Å². The van der Waals surface area contributed by atoms with Gasteiger partial charge in [-0.1, -0.05) is 0 Å². The first kappa shape index (κ1) is 30.1. The standard InChI is InChI=1S/C15H28N4O5.2W/c1-12(20)17-6-3-4-14(19-13(2)21)15(22)18-7-9-24-11-10-23-8-5-16;;/h14H,1-11,16H2,(H,17,20)(H,18,22)(H,19,21);;/q-2;;. The number of carbonyl (C=O) groups is 3. The fraction of sp³-hybridized carbons (Fsp3) is 0.667. The van der Waals surface area contributed by atoms with E-state index < -0.39 is 11.9 Å². The molecule has 0 bridgehead atoms. The molecule has 0 fully saturated rings. The first-order chi connectivity index (χ1) is 11.5. The number of rotatable bonds is 14. The van der Waals surface area contributed by atoms with E-state index in [1.165, 1.54) is 0 Å². The Morgan fingerprint density at radius 3 is 2.04 bits per heavy atom. The van der Waals surface area contributed by atoms with Crippen molar-refractivity contribution in [2.45, 2.75) is 18.9 Å². The van der Waals surface area contributed by atoms with Gasteiger partial charge in [-0.2, -0.15) is 0 Å². The van der Waals surface area contributed by atoms with Crippen molar-refractivity contribution in [1.82, 2.24) is 16.0 Å². The zero-order valence-corrected chi connectivity index (χ0v) is 20.7. The van der Waals surface area contributed by atoms with Crippen LogP contribution in [0.1, 0.15) is 12.8 Å². The Bertz CT molecular complexity index is 389. The van der Waals surface area contributed by atoms with E-state index in [1.54, 1.807) is 0 Å². The Labute approximate surface area is 183 Å². The summed E-state index contributed by atoms with van der Waals surface area (Å²) in [6.07, 6.45) is 0.899. The van der Waals surface area contributed by atoms with E-state index in [2.05, 4.69) is 29.8 Å². The van der Waals surface area contributed by atoms with Gasteiger partial charge in [0.15, 0.2) is 0 Å². The van der Waals surface area contributed by atoms with Gasteiger partial charge in [-0.3, -0.25) is 4.79 Å². The molecule has 1 unspecified atom stereocenters. The molecule has 1 atom stereocenters. The van der Waals surface area contributed by atoms with Gasteiger partial charge in [-0.05, 0) is 12.8 Å². The van der Waals surface area contributed by atoms with Gasteiger partial charge >= 0.3 is 0 Å². The van der Waals surface area contributed by atoms with Gasteiger partial charge in [0.2, 0.25) is 5.91 Å². The van der Waals surface area contributed by atoms with E-state index in [4.69, 9.17) is 15.2 Å². The summed E-state index contributed by atoms with van der Waals surface area (Å²) < 4.78 is 10.4. The first-order valence-corrected chi connectivity index (χ1v) is 7.83. The Balaban J connectivity index is -0.00000264. The molecule has 26 heavy (non-hydrogen) atoms. The smallest absolute Gasteiger partial charge is 0.242 e. The predicted octanol–water partition coefficient (Wildman–Crippen LogP) is -1.86. The first-order valence-electron chi connectivity index (χ1n) is 7.83. The number of nitrogens with two attached hydrogens (primary N) is 1. The van der Waals surface area contributed by atoms with Crippen molar-refractivity contribution >= 4 is 17.7 Å². The van der Waals surface area contributed by atoms with Crippen LogP contribution < -0.4 is 21.7 Å². The fourth-order valence-electron chi connectivity index (χ4n) is 1.77. The molecule has 9 nitrogen and oxygen atoms in total. The third-order valence-electron chi connectivity index (χ3n) is 2.82. The maximum atomic E-state index is 12.0. The zero-order valence-electron chi connectivity index (χ0n) is 14.8. The molecule has 0 heterocycles. The van der Waals surface area contributed by atoms with Gasteiger partial charge in [0.1, 0.15) is 6.04 Å². The van der Waals surface area contributed by atoms with E-state index >= 15 is 0 Å². The molecule has 0 saturated carbocycles. The minimum atomic E-state index is -0.704. The second kappa shape index (κ2) is 20.7. The molecular formula is C15H28N4O5W2-2. The fourth-order valence-corrected chi connectivity index (χ4v) is 1.77. The Hall–Kier alpha value is -0.593. The van der Waals surface area contributed by atoms with E-state index in [-0.39, 0.29) is 53.9 Å². The van der Waals surface area contributed by atoms with E-state index in [0.29, 0.717) is 58.9 Å². The summed E-state index contributed by atoms with van der Waals surface area (Å²) in [5, 5.41) is 7.68. The maximum absolute atomic E-state index is 12.0. The van der Waals surface area contributed by atoms with Crippen molar-refractivity contribution in [2.24, 2.45) is 5.73 Å². The van der Waals surface area contributed by atoms with Crippen molar-refractivity contribution in [3.05, 3.63) is 13.8 Å². The number of carbonyl (C=O) groups excluding carboxylic acids is 3. The Morgan fingerprint density at radius 1 is 0.885 bits per heavy atom. The molecule has 5 N–H and O–H groups in total.